The lowest BCUT2D eigenvalue weighted by Gasteiger charge is -2.76. The fraction of sp³-hybridized carbons (Fsp3) is 0.750. The molecule has 38 heavy (non-hydrogen) atoms. The van der Waals surface area contributed by atoms with Crippen molar-refractivity contribution in [2.75, 3.05) is 6.61 Å². The summed E-state index contributed by atoms with van der Waals surface area (Å²) in [4.78, 5) is 25.0. The second-order valence-corrected chi connectivity index (χ2v) is 13.5. The number of fused-ring (bicyclic) bond motifs is 3. The van der Waals surface area contributed by atoms with Crippen LogP contribution in [0.2, 0.25) is 0 Å². The van der Waals surface area contributed by atoms with Crippen LogP contribution in [0, 0.1) is 39.4 Å². The highest BCUT2D eigenvalue weighted by Gasteiger charge is 2.82. The van der Waals surface area contributed by atoms with Gasteiger partial charge in [-0.3, -0.25) is 4.79 Å². The predicted octanol–water partition coefficient (Wildman–Crippen LogP) is 5.63. The van der Waals surface area contributed by atoms with Gasteiger partial charge in [-0.15, -0.1) is 5.92 Å². The Bertz CT molecular complexity index is 1110. The molecule has 3 aliphatic heterocycles. The first-order chi connectivity index (χ1) is 17.9. The maximum absolute atomic E-state index is 13.1. The van der Waals surface area contributed by atoms with Crippen LogP contribution in [0.15, 0.2) is 24.0 Å². The molecule has 6 unspecified atom stereocenters. The minimum absolute atomic E-state index is 0.214. The number of aliphatic hydroxyl groups excluding tert-OH is 1. The van der Waals surface area contributed by atoms with E-state index >= 15 is 0 Å². The molecule has 5 rings (SSSR count). The van der Waals surface area contributed by atoms with E-state index in [1.807, 2.05) is 6.26 Å². The molecule has 2 aliphatic carbocycles. The van der Waals surface area contributed by atoms with Crippen molar-refractivity contribution in [3.63, 3.8) is 0 Å². The summed E-state index contributed by atoms with van der Waals surface area (Å²) in [5.41, 5.74) is -2.17. The van der Waals surface area contributed by atoms with Crippen LogP contribution in [-0.4, -0.2) is 41.5 Å². The number of hydrogen-bond donors (Lipinski definition) is 1. The van der Waals surface area contributed by atoms with Gasteiger partial charge in [-0.1, -0.05) is 46.5 Å². The molecule has 1 N–H and O–H groups in total. The number of ether oxygens (including phenoxy) is 3. The summed E-state index contributed by atoms with van der Waals surface area (Å²) in [6.07, 6.45) is 11.2. The van der Waals surface area contributed by atoms with Crippen molar-refractivity contribution >= 4 is 11.9 Å². The Hall–Kier alpha value is -2.26. The van der Waals surface area contributed by atoms with Gasteiger partial charge < -0.3 is 19.3 Å². The summed E-state index contributed by atoms with van der Waals surface area (Å²) in [6.45, 7) is 11.5. The Balaban J connectivity index is 1.76. The number of cyclic esters (lactones) is 1. The van der Waals surface area contributed by atoms with Gasteiger partial charge in [-0.25, -0.2) is 4.79 Å². The molecule has 4 bridgehead atoms. The lowest BCUT2D eigenvalue weighted by Crippen LogP contribution is -2.81. The standard InChI is InChI=1S/C32H44O6/c1-22(2)9-8-14-30-24(33)12-15-28(3,4)31(30)17-18-37-32(30,16-11-23-19-27(35)36-21-23)29(5)13-7-6-10-26(34)38-25(31)20-29/h17-19,22,24-25,33H,6,8-12,14-16,20-21H2,1-5H3. The fourth-order valence-corrected chi connectivity index (χ4v) is 9.06. The summed E-state index contributed by atoms with van der Waals surface area (Å²) in [6, 6.07) is 0. The largest absolute Gasteiger partial charge is 0.493 e. The predicted molar refractivity (Wildman–Crippen MR) is 143 cm³/mol. The van der Waals surface area contributed by atoms with Crippen LogP contribution in [0.3, 0.4) is 0 Å². The van der Waals surface area contributed by atoms with Gasteiger partial charge in [-0.2, -0.15) is 0 Å². The lowest BCUT2D eigenvalue weighted by atomic mass is 9.30. The third-order valence-electron chi connectivity index (χ3n) is 10.7. The summed E-state index contributed by atoms with van der Waals surface area (Å²) in [5, 5.41) is 12.3. The molecule has 0 aromatic rings. The van der Waals surface area contributed by atoms with Crippen LogP contribution in [0.1, 0.15) is 98.8 Å². The molecule has 0 radical (unpaired) electrons. The summed E-state index contributed by atoms with van der Waals surface area (Å²) < 4.78 is 18.6. The Morgan fingerprint density at radius 1 is 1.18 bits per heavy atom. The first kappa shape index (κ1) is 27.3. The van der Waals surface area contributed by atoms with Gasteiger partial charge in [0.25, 0.3) is 0 Å². The zero-order valence-electron chi connectivity index (χ0n) is 23.7. The molecule has 6 heteroatoms. The van der Waals surface area contributed by atoms with Crippen LogP contribution in [-0.2, 0) is 23.8 Å². The topological polar surface area (TPSA) is 82.1 Å². The van der Waals surface area contributed by atoms with Gasteiger partial charge in [0.2, 0.25) is 0 Å². The van der Waals surface area contributed by atoms with E-state index in [-0.39, 0.29) is 23.8 Å². The lowest BCUT2D eigenvalue weighted by molar-refractivity contribution is -0.346. The van der Waals surface area contributed by atoms with Gasteiger partial charge in [0.15, 0.2) is 0 Å². The van der Waals surface area contributed by atoms with Crippen molar-refractivity contribution in [2.45, 2.75) is 117 Å². The van der Waals surface area contributed by atoms with Crippen molar-refractivity contribution in [1.82, 2.24) is 0 Å². The molecular weight excluding hydrogens is 480 g/mol. The number of carbonyl (C=O) groups is 2. The van der Waals surface area contributed by atoms with Crippen molar-refractivity contribution in [3.05, 3.63) is 24.0 Å². The normalized spacial score (nSPS) is 40.9. The fourth-order valence-electron chi connectivity index (χ4n) is 9.06. The Labute approximate surface area is 227 Å². The van der Waals surface area contributed by atoms with E-state index in [9.17, 15) is 14.7 Å². The maximum atomic E-state index is 13.1. The molecule has 3 heterocycles. The highest BCUT2D eigenvalue weighted by atomic mass is 16.5. The zero-order chi connectivity index (χ0) is 27.4. The van der Waals surface area contributed by atoms with E-state index in [4.69, 9.17) is 14.2 Å². The van der Waals surface area contributed by atoms with Crippen molar-refractivity contribution < 1.29 is 28.9 Å². The number of hydrogen-bond acceptors (Lipinski definition) is 6. The molecule has 208 valence electrons. The first-order valence-corrected chi connectivity index (χ1v) is 14.5. The molecular formula is C32H44O6. The minimum atomic E-state index is -0.838. The van der Waals surface area contributed by atoms with Crippen molar-refractivity contribution in [1.29, 1.82) is 0 Å². The molecule has 0 amide bonds. The Morgan fingerprint density at radius 3 is 2.68 bits per heavy atom. The highest BCUT2D eigenvalue weighted by Crippen LogP contribution is 2.78. The van der Waals surface area contributed by atoms with E-state index in [1.165, 1.54) is 0 Å². The van der Waals surface area contributed by atoms with E-state index in [2.05, 4.69) is 52.5 Å². The Morgan fingerprint density at radius 2 is 1.97 bits per heavy atom. The SMILES string of the molecule is CC(C)CCCC12C(O)CCC(C)(C)C13C=COC2(CCC1=CC(=O)OC1)C1(C)C#CCCC(=O)OC3C1. The summed E-state index contributed by atoms with van der Waals surface area (Å²) in [7, 11) is 0. The number of carbonyl (C=O) groups excluding carboxylic acids is 2. The molecule has 6 nitrogen and oxygen atoms in total. The molecule has 0 spiro atoms. The maximum Gasteiger partial charge on any atom is 0.331 e. The molecule has 0 aromatic carbocycles. The van der Waals surface area contributed by atoms with Crippen LogP contribution in [0.4, 0.5) is 0 Å². The molecule has 2 fully saturated rings. The van der Waals surface area contributed by atoms with Gasteiger partial charge in [0.1, 0.15) is 18.3 Å². The number of esters is 2. The quantitative estimate of drug-likeness (QED) is 0.343. The van der Waals surface area contributed by atoms with Gasteiger partial charge >= 0.3 is 11.9 Å². The summed E-state index contributed by atoms with van der Waals surface area (Å²) in [5.74, 6) is 6.92. The number of aliphatic hydroxyl groups is 1. The van der Waals surface area contributed by atoms with Gasteiger partial charge in [-0.05, 0) is 62.0 Å². The van der Waals surface area contributed by atoms with E-state index < -0.39 is 34.1 Å². The smallest absolute Gasteiger partial charge is 0.331 e. The van der Waals surface area contributed by atoms with E-state index in [1.54, 1.807) is 6.08 Å². The third-order valence-corrected chi connectivity index (χ3v) is 10.7. The molecule has 0 saturated heterocycles. The molecule has 2 saturated carbocycles. The summed E-state index contributed by atoms with van der Waals surface area (Å²) >= 11 is 0. The minimum Gasteiger partial charge on any atom is -0.493 e. The molecule has 6 atom stereocenters. The number of rotatable bonds is 7. The monoisotopic (exact) mass is 524 g/mol. The van der Waals surface area contributed by atoms with E-state index in [0.717, 1.165) is 31.3 Å². The van der Waals surface area contributed by atoms with Crippen LogP contribution < -0.4 is 0 Å². The van der Waals surface area contributed by atoms with Crippen LogP contribution >= 0.6 is 0 Å². The van der Waals surface area contributed by atoms with E-state index in [0.29, 0.717) is 44.6 Å². The van der Waals surface area contributed by atoms with Crippen LogP contribution in [0.25, 0.3) is 0 Å². The average Bonchev–Trinajstić information content (AvgIpc) is 3.29. The zero-order valence-corrected chi connectivity index (χ0v) is 23.7. The molecule has 0 aromatic heterocycles. The van der Waals surface area contributed by atoms with Gasteiger partial charge in [0, 0.05) is 24.3 Å². The van der Waals surface area contributed by atoms with Crippen LogP contribution in [0.5, 0.6) is 0 Å². The highest BCUT2D eigenvalue weighted by molar-refractivity contribution is 5.85. The third kappa shape index (κ3) is 3.71. The Kier molecular flexibility index (Phi) is 6.78. The van der Waals surface area contributed by atoms with Gasteiger partial charge in [0.05, 0.1) is 29.6 Å². The average molecular weight is 525 g/mol. The van der Waals surface area contributed by atoms with Crippen molar-refractivity contribution in [2.24, 2.45) is 27.6 Å². The second kappa shape index (κ2) is 9.44. The first-order valence-electron chi connectivity index (χ1n) is 14.5. The van der Waals surface area contributed by atoms with Crippen molar-refractivity contribution in [3.8, 4) is 11.8 Å². The molecule has 5 aliphatic rings. The second-order valence-electron chi connectivity index (χ2n) is 13.5.